The number of nitrogens with one attached hydrogen (secondary N) is 1. The quantitative estimate of drug-likeness (QED) is 0.768. The average molecular weight is 332 g/mol. The number of benzene rings is 2. The monoisotopic (exact) mass is 332 g/mol. The number of piperidine rings is 1. The first-order valence-corrected chi connectivity index (χ1v) is 9.01. The van der Waals surface area contributed by atoms with Crippen LogP contribution in [0.25, 0.3) is 5.69 Å². The Morgan fingerprint density at radius 3 is 2.28 bits per heavy atom. The summed E-state index contributed by atoms with van der Waals surface area (Å²) in [5, 5.41) is 8.15. The van der Waals surface area contributed by atoms with Crippen LogP contribution in [0.2, 0.25) is 0 Å². The van der Waals surface area contributed by atoms with E-state index in [1.807, 2.05) is 29.1 Å². The van der Waals surface area contributed by atoms with E-state index in [0.717, 1.165) is 44.0 Å². The molecule has 25 heavy (non-hydrogen) atoms. The van der Waals surface area contributed by atoms with Gasteiger partial charge in [0.25, 0.3) is 0 Å². The van der Waals surface area contributed by atoms with E-state index in [1.54, 1.807) is 0 Å². The van der Waals surface area contributed by atoms with Crippen molar-refractivity contribution >= 4 is 5.82 Å². The third kappa shape index (κ3) is 3.91. The first-order valence-electron chi connectivity index (χ1n) is 9.01. The summed E-state index contributed by atoms with van der Waals surface area (Å²) in [4.78, 5) is 2.54. The van der Waals surface area contributed by atoms with Gasteiger partial charge in [-0.2, -0.15) is 5.10 Å². The van der Waals surface area contributed by atoms with Crippen LogP contribution in [-0.4, -0.2) is 33.8 Å². The van der Waals surface area contributed by atoms with E-state index in [1.165, 1.54) is 5.56 Å². The van der Waals surface area contributed by atoms with Crippen LogP contribution in [0.5, 0.6) is 0 Å². The van der Waals surface area contributed by atoms with Crippen molar-refractivity contribution in [2.24, 2.45) is 0 Å². The lowest BCUT2D eigenvalue weighted by atomic mass is 10.0. The zero-order valence-electron chi connectivity index (χ0n) is 14.4. The van der Waals surface area contributed by atoms with Crippen LogP contribution in [0.1, 0.15) is 18.4 Å². The summed E-state index contributed by atoms with van der Waals surface area (Å²) in [5.74, 6) is 1.08. The van der Waals surface area contributed by atoms with E-state index in [9.17, 15) is 0 Å². The first kappa shape index (κ1) is 15.9. The summed E-state index contributed by atoms with van der Waals surface area (Å²) in [6.45, 7) is 3.31. The molecule has 0 spiro atoms. The minimum Gasteiger partial charge on any atom is -0.367 e. The number of hydrogen-bond donors (Lipinski definition) is 1. The van der Waals surface area contributed by atoms with Gasteiger partial charge < -0.3 is 5.32 Å². The molecule has 1 aliphatic rings. The van der Waals surface area contributed by atoms with Gasteiger partial charge in [-0.3, -0.25) is 4.90 Å². The lowest BCUT2D eigenvalue weighted by Crippen LogP contribution is -2.39. The Bertz CT molecular complexity index is 774. The minimum absolute atomic E-state index is 0.506. The maximum absolute atomic E-state index is 4.47. The second-order valence-corrected chi connectivity index (χ2v) is 6.64. The molecule has 4 rings (SSSR count). The fourth-order valence-electron chi connectivity index (χ4n) is 3.47. The van der Waals surface area contributed by atoms with Crippen molar-refractivity contribution in [1.29, 1.82) is 0 Å². The SMILES string of the molecule is c1ccc(CN2CCC(Nc3ccnn3-c3ccccc3)CC2)cc1. The maximum Gasteiger partial charge on any atom is 0.129 e. The van der Waals surface area contributed by atoms with Crippen molar-refractivity contribution in [3.8, 4) is 5.69 Å². The molecular formula is C21H24N4. The number of rotatable bonds is 5. The fraction of sp³-hybridized carbons (Fsp3) is 0.286. The molecule has 1 aromatic heterocycles. The summed E-state index contributed by atoms with van der Waals surface area (Å²) < 4.78 is 1.98. The molecule has 0 bridgehead atoms. The average Bonchev–Trinajstić information content (AvgIpc) is 3.13. The Kier molecular flexibility index (Phi) is 4.79. The van der Waals surface area contributed by atoms with E-state index in [-0.39, 0.29) is 0 Å². The Labute approximate surface area is 149 Å². The van der Waals surface area contributed by atoms with Gasteiger partial charge in [-0.05, 0) is 30.5 Å². The maximum atomic E-state index is 4.47. The van der Waals surface area contributed by atoms with Crippen molar-refractivity contribution in [1.82, 2.24) is 14.7 Å². The molecule has 1 N–H and O–H groups in total. The third-order valence-corrected chi connectivity index (χ3v) is 4.83. The van der Waals surface area contributed by atoms with E-state index in [2.05, 4.69) is 63.8 Å². The molecule has 0 saturated carbocycles. The zero-order valence-corrected chi connectivity index (χ0v) is 14.4. The van der Waals surface area contributed by atoms with Crippen molar-refractivity contribution in [2.45, 2.75) is 25.4 Å². The predicted octanol–water partition coefficient (Wildman–Crippen LogP) is 3.95. The molecule has 0 unspecified atom stereocenters. The molecule has 0 aliphatic carbocycles. The number of likely N-dealkylation sites (tertiary alicyclic amines) is 1. The van der Waals surface area contributed by atoms with Crippen molar-refractivity contribution in [3.63, 3.8) is 0 Å². The van der Waals surface area contributed by atoms with E-state index in [0.29, 0.717) is 6.04 Å². The molecule has 4 heteroatoms. The third-order valence-electron chi connectivity index (χ3n) is 4.83. The molecule has 0 radical (unpaired) electrons. The van der Waals surface area contributed by atoms with E-state index >= 15 is 0 Å². The van der Waals surface area contributed by atoms with Gasteiger partial charge in [-0.15, -0.1) is 0 Å². The van der Waals surface area contributed by atoms with Gasteiger partial charge in [0, 0.05) is 31.7 Å². The molecule has 2 aromatic carbocycles. The smallest absolute Gasteiger partial charge is 0.129 e. The highest BCUT2D eigenvalue weighted by molar-refractivity contribution is 5.45. The summed E-state index contributed by atoms with van der Waals surface area (Å²) in [6.07, 6.45) is 4.18. The van der Waals surface area contributed by atoms with Crippen LogP contribution < -0.4 is 5.32 Å². The largest absolute Gasteiger partial charge is 0.367 e. The van der Waals surface area contributed by atoms with Crippen LogP contribution in [0.15, 0.2) is 72.9 Å². The lowest BCUT2D eigenvalue weighted by molar-refractivity contribution is 0.211. The molecule has 1 saturated heterocycles. The molecule has 4 nitrogen and oxygen atoms in total. The summed E-state index contributed by atoms with van der Waals surface area (Å²) in [6, 6.07) is 23.6. The summed E-state index contributed by atoms with van der Waals surface area (Å²) in [7, 11) is 0. The van der Waals surface area contributed by atoms with Crippen LogP contribution in [0.3, 0.4) is 0 Å². The van der Waals surface area contributed by atoms with Crippen LogP contribution in [0, 0.1) is 0 Å². The molecule has 128 valence electrons. The van der Waals surface area contributed by atoms with Gasteiger partial charge >= 0.3 is 0 Å². The second-order valence-electron chi connectivity index (χ2n) is 6.64. The van der Waals surface area contributed by atoms with Crippen molar-refractivity contribution in [3.05, 3.63) is 78.5 Å². The highest BCUT2D eigenvalue weighted by Crippen LogP contribution is 2.20. The van der Waals surface area contributed by atoms with Gasteiger partial charge in [-0.1, -0.05) is 48.5 Å². The van der Waals surface area contributed by atoms with E-state index in [4.69, 9.17) is 0 Å². The zero-order chi connectivity index (χ0) is 16.9. The topological polar surface area (TPSA) is 33.1 Å². The van der Waals surface area contributed by atoms with Gasteiger partial charge in [0.2, 0.25) is 0 Å². The molecular weight excluding hydrogens is 308 g/mol. The van der Waals surface area contributed by atoms with Crippen molar-refractivity contribution < 1.29 is 0 Å². The van der Waals surface area contributed by atoms with Gasteiger partial charge in [0.05, 0.1) is 11.9 Å². The van der Waals surface area contributed by atoms with Crippen LogP contribution in [-0.2, 0) is 6.54 Å². The molecule has 0 amide bonds. The number of aromatic nitrogens is 2. The van der Waals surface area contributed by atoms with E-state index < -0.39 is 0 Å². The van der Waals surface area contributed by atoms with Crippen LogP contribution >= 0.6 is 0 Å². The molecule has 1 aliphatic heterocycles. The lowest BCUT2D eigenvalue weighted by Gasteiger charge is -2.32. The normalized spacial score (nSPS) is 16.0. The molecule has 1 fully saturated rings. The first-order chi connectivity index (χ1) is 12.4. The van der Waals surface area contributed by atoms with Gasteiger partial charge in [0.1, 0.15) is 5.82 Å². The standard InChI is InChI=1S/C21H24N4/c1-3-7-18(8-4-1)17-24-15-12-19(13-16-24)23-21-11-14-22-25(21)20-9-5-2-6-10-20/h1-11,14,19,23H,12-13,15-17H2. The number of hydrogen-bond acceptors (Lipinski definition) is 3. The molecule has 0 atom stereocenters. The number of nitrogens with zero attached hydrogens (tertiary/aromatic N) is 3. The Morgan fingerprint density at radius 1 is 0.880 bits per heavy atom. The number of anilines is 1. The van der Waals surface area contributed by atoms with Gasteiger partial charge in [0.15, 0.2) is 0 Å². The highest BCUT2D eigenvalue weighted by atomic mass is 15.3. The van der Waals surface area contributed by atoms with Crippen LogP contribution in [0.4, 0.5) is 5.82 Å². The Balaban J connectivity index is 1.34. The highest BCUT2D eigenvalue weighted by Gasteiger charge is 2.20. The molecule has 2 heterocycles. The fourth-order valence-corrected chi connectivity index (χ4v) is 3.47. The second kappa shape index (κ2) is 7.53. The molecule has 3 aromatic rings. The Morgan fingerprint density at radius 2 is 1.56 bits per heavy atom. The Hall–Kier alpha value is -2.59. The summed E-state index contributed by atoms with van der Waals surface area (Å²) in [5.41, 5.74) is 2.49. The number of para-hydroxylation sites is 1. The minimum atomic E-state index is 0.506. The summed E-state index contributed by atoms with van der Waals surface area (Å²) >= 11 is 0. The van der Waals surface area contributed by atoms with Gasteiger partial charge in [-0.25, -0.2) is 4.68 Å². The van der Waals surface area contributed by atoms with Crippen molar-refractivity contribution in [2.75, 3.05) is 18.4 Å². The predicted molar refractivity (Wildman–Crippen MR) is 102 cm³/mol.